The number of carbonyl (C=O) groups is 1. The number of halogens is 1. The lowest BCUT2D eigenvalue weighted by atomic mass is 10.1. The Kier molecular flexibility index (Phi) is 12.3. The fourth-order valence-electron chi connectivity index (χ4n) is 2.77. The largest absolute Gasteiger partial charge is 0.382 e. The van der Waals surface area contributed by atoms with Gasteiger partial charge in [0.05, 0.1) is 6.54 Å². The summed E-state index contributed by atoms with van der Waals surface area (Å²) in [6.45, 7) is 1.26. The quantitative estimate of drug-likeness (QED) is 0.115. The van der Waals surface area contributed by atoms with Gasteiger partial charge in [0.25, 0.3) is 5.91 Å². The van der Waals surface area contributed by atoms with Crippen LogP contribution in [0.25, 0.3) is 0 Å². The molecule has 0 unspecified atom stereocenters. The molecular weight excluding hydrogens is 394 g/mol. The molecule has 0 aromatic carbocycles. The Morgan fingerprint density at radius 2 is 1.48 bits per heavy atom. The lowest BCUT2D eigenvalue weighted by Crippen LogP contribution is -2.41. The highest BCUT2D eigenvalue weighted by Crippen LogP contribution is 2.17. The average molecular weight is 426 g/mol. The number of nitrogens with one attached hydrogen (secondary N) is 4. The van der Waals surface area contributed by atoms with E-state index in [-0.39, 0.29) is 28.4 Å². The highest BCUT2D eigenvalue weighted by atomic mass is 35.5. The smallest absolute Gasteiger partial charge is 0.280 e. The van der Waals surface area contributed by atoms with Crippen molar-refractivity contribution in [3.8, 4) is 0 Å². The number of hydrogen-bond donors (Lipinski definition) is 6. The monoisotopic (exact) mass is 425 g/mol. The molecule has 8 N–H and O–H groups in total. The first-order chi connectivity index (χ1) is 14.0. The Balaban J connectivity index is 2.05. The van der Waals surface area contributed by atoms with E-state index in [0.717, 1.165) is 25.7 Å². The van der Waals surface area contributed by atoms with E-state index in [1.807, 2.05) is 0 Å². The van der Waals surface area contributed by atoms with E-state index < -0.39 is 5.91 Å². The van der Waals surface area contributed by atoms with Crippen molar-refractivity contribution in [2.75, 3.05) is 24.6 Å². The summed E-state index contributed by atoms with van der Waals surface area (Å²) >= 11 is 5.75. The third kappa shape index (κ3) is 10.6. The normalized spacial score (nSPS) is 10.5. The van der Waals surface area contributed by atoms with Gasteiger partial charge in [-0.25, -0.2) is 15.5 Å². The third-order valence-corrected chi connectivity index (χ3v) is 4.64. The van der Waals surface area contributed by atoms with Gasteiger partial charge in [-0.05, 0) is 12.8 Å². The van der Waals surface area contributed by atoms with Crippen molar-refractivity contribution in [2.24, 2.45) is 5.11 Å². The van der Waals surface area contributed by atoms with Gasteiger partial charge in [0, 0.05) is 6.54 Å². The molecule has 1 heterocycles. The second-order valence-corrected chi connectivity index (χ2v) is 7.16. The third-order valence-electron chi connectivity index (χ3n) is 4.36. The second-order valence-electron chi connectivity index (χ2n) is 6.81. The summed E-state index contributed by atoms with van der Waals surface area (Å²) in [7, 11) is 0. The maximum Gasteiger partial charge on any atom is 0.280 e. The van der Waals surface area contributed by atoms with Crippen LogP contribution in [-0.4, -0.2) is 34.9 Å². The maximum atomic E-state index is 12.1. The Labute approximate surface area is 176 Å². The number of anilines is 2. The Morgan fingerprint density at radius 3 is 2.07 bits per heavy atom. The number of carbonyl (C=O) groups excluding carboxylic acids is 1. The highest BCUT2D eigenvalue weighted by Gasteiger charge is 2.16. The van der Waals surface area contributed by atoms with E-state index in [2.05, 4.69) is 25.7 Å². The van der Waals surface area contributed by atoms with Gasteiger partial charge in [0.1, 0.15) is 0 Å². The van der Waals surface area contributed by atoms with Gasteiger partial charge in [-0.3, -0.25) is 15.5 Å². The van der Waals surface area contributed by atoms with E-state index in [9.17, 15) is 4.79 Å². The van der Waals surface area contributed by atoms with Gasteiger partial charge < -0.3 is 16.8 Å². The van der Waals surface area contributed by atoms with Crippen LogP contribution in [0, 0.1) is 10.9 Å². The minimum atomic E-state index is -0.663. The lowest BCUT2D eigenvalue weighted by Gasteiger charge is -2.10. The molecule has 11 heteroatoms. The Bertz CT molecular complexity index is 669. The first-order valence-electron chi connectivity index (χ1n) is 10.0. The molecule has 0 bridgehead atoms. The van der Waals surface area contributed by atoms with Crippen molar-refractivity contribution in [2.45, 2.75) is 64.2 Å². The van der Waals surface area contributed by atoms with Crippen LogP contribution in [-0.2, 0) is 0 Å². The molecule has 1 rings (SSSR count). The molecule has 10 nitrogen and oxygen atoms in total. The molecule has 0 aliphatic heterocycles. The summed E-state index contributed by atoms with van der Waals surface area (Å²) in [6, 6.07) is 0. The predicted molar refractivity (Wildman–Crippen MR) is 115 cm³/mol. The fourth-order valence-corrected chi connectivity index (χ4v) is 2.90. The van der Waals surface area contributed by atoms with Crippen LogP contribution in [0.5, 0.6) is 0 Å². The van der Waals surface area contributed by atoms with Crippen molar-refractivity contribution >= 4 is 35.1 Å². The summed E-state index contributed by atoms with van der Waals surface area (Å²) in [5, 5.41) is 16.2. The molecule has 0 fully saturated rings. The van der Waals surface area contributed by atoms with Crippen molar-refractivity contribution in [1.82, 2.24) is 20.6 Å². The number of rotatable bonds is 14. The van der Waals surface area contributed by atoms with Crippen molar-refractivity contribution in [1.29, 1.82) is 10.9 Å². The van der Waals surface area contributed by atoms with Crippen LogP contribution in [0.3, 0.4) is 0 Å². The summed E-state index contributed by atoms with van der Waals surface area (Å²) in [5.41, 5.74) is 17.7. The molecule has 0 saturated carbocycles. The Hall–Kier alpha value is -2.49. The van der Waals surface area contributed by atoms with Gasteiger partial charge in [-0.15, -0.1) is 0 Å². The minimum Gasteiger partial charge on any atom is -0.382 e. The number of amides is 1. The summed E-state index contributed by atoms with van der Waals surface area (Å²) in [4.78, 5) is 19.6. The highest BCUT2D eigenvalue weighted by molar-refractivity contribution is 6.31. The van der Waals surface area contributed by atoms with Gasteiger partial charge in [0.15, 0.2) is 28.4 Å². The SMILES string of the molecule is N=NCCCCCCCCCCCCNC(=N)NC(=O)c1nc(Cl)c(N)nc1N. The van der Waals surface area contributed by atoms with Crippen LogP contribution in [0.4, 0.5) is 11.6 Å². The summed E-state index contributed by atoms with van der Waals surface area (Å²) in [5.74, 6) is -0.975. The molecule has 0 aliphatic carbocycles. The van der Waals surface area contributed by atoms with E-state index in [1.54, 1.807) is 0 Å². The average Bonchev–Trinajstić information content (AvgIpc) is 2.68. The molecule has 0 radical (unpaired) electrons. The van der Waals surface area contributed by atoms with Gasteiger partial charge in [0.2, 0.25) is 0 Å². The zero-order valence-corrected chi connectivity index (χ0v) is 17.5. The summed E-state index contributed by atoms with van der Waals surface area (Å²) < 4.78 is 0. The topological polar surface area (TPSA) is 179 Å². The van der Waals surface area contributed by atoms with Gasteiger partial charge in [-0.2, -0.15) is 5.11 Å². The molecule has 0 saturated heterocycles. The number of nitrogens with zero attached hydrogens (tertiary/aromatic N) is 3. The number of guanidine groups is 1. The molecule has 162 valence electrons. The van der Waals surface area contributed by atoms with E-state index in [1.165, 1.54) is 38.5 Å². The molecule has 0 spiro atoms. The van der Waals surface area contributed by atoms with E-state index in [0.29, 0.717) is 13.1 Å². The lowest BCUT2D eigenvalue weighted by molar-refractivity contribution is 0.0971. The molecule has 1 aromatic heterocycles. The predicted octanol–water partition coefficient (Wildman–Crippen LogP) is 3.48. The van der Waals surface area contributed by atoms with Gasteiger partial charge in [-0.1, -0.05) is 63.0 Å². The molecule has 1 aromatic rings. The minimum absolute atomic E-state index is 0.0504. The number of aromatic nitrogens is 2. The van der Waals surface area contributed by atoms with Crippen LogP contribution in [0.2, 0.25) is 5.15 Å². The fraction of sp³-hybridized carbons (Fsp3) is 0.667. The van der Waals surface area contributed by atoms with Crippen LogP contribution >= 0.6 is 11.6 Å². The number of nitrogens with two attached hydrogens (primary N) is 2. The molecular formula is C18H32ClN9O. The number of nitrogen functional groups attached to an aromatic ring is 2. The molecule has 29 heavy (non-hydrogen) atoms. The van der Waals surface area contributed by atoms with Crippen LogP contribution in [0.15, 0.2) is 5.11 Å². The number of unbranched alkanes of at least 4 members (excludes halogenated alkanes) is 9. The Morgan fingerprint density at radius 1 is 0.931 bits per heavy atom. The standard InChI is InChI=1S/C18H32ClN9O/c19-14-16(21)27-15(20)13(26-14)17(29)28-18(22)24-11-9-7-5-3-1-2-4-6-8-10-12-25-23/h23H,1-12H2,(H4,20,21,27)(H3,22,24,28,29). The first kappa shape index (κ1) is 24.5. The number of hydrogen-bond acceptors (Lipinski definition) is 8. The van der Waals surface area contributed by atoms with Crippen molar-refractivity contribution in [3.05, 3.63) is 10.8 Å². The van der Waals surface area contributed by atoms with Crippen molar-refractivity contribution < 1.29 is 4.79 Å². The molecule has 1 amide bonds. The molecule has 0 atom stereocenters. The van der Waals surface area contributed by atoms with Crippen LogP contribution < -0.4 is 22.1 Å². The zero-order chi connectivity index (χ0) is 21.5. The first-order valence-corrected chi connectivity index (χ1v) is 10.4. The van der Waals surface area contributed by atoms with Crippen LogP contribution in [0.1, 0.15) is 74.7 Å². The van der Waals surface area contributed by atoms with Crippen molar-refractivity contribution in [3.63, 3.8) is 0 Å². The van der Waals surface area contributed by atoms with E-state index >= 15 is 0 Å². The maximum absolute atomic E-state index is 12.1. The molecule has 0 aliphatic rings. The zero-order valence-electron chi connectivity index (χ0n) is 16.8. The van der Waals surface area contributed by atoms with E-state index in [4.69, 9.17) is 34.0 Å². The van der Waals surface area contributed by atoms with Gasteiger partial charge >= 0.3 is 0 Å². The second kappa shape index (κ2) is 14.5. The summed E-state index contributed by atoms with van der Waals surface area (Å²) in [6.07, 6.45) is 11.6.